The van der Waals surface area contributed by atoms with Gasteiger partial charge in [0.15, 0.2) is 4.90 Å². The smallest absolute Gasteiger partial charge is 0.152 e. The average molecular weight is 222 g/mol. The van der Waals surface area contributed by atoms with Gasteiger partial charge in [-0.05, 0) is 36.2 Å². The van der Waals surface area contributed by atoms with Crippen molar-refractivity contribution in [2.75, 3.05) is 5.75 Å². The zero-order chi connectivity index (χ0) is 10.5. The maximum Gasteiger partial charge on any atom is 0.152 e. The Labute approximate surface area is 95.1 Å². The molecule has 1 aromatic carbocycles. The maximum atomic E-state index is 12.0. The van der Waals surface area contributed by atoms with Crippen LogP contribution in [0.15, 0.2) is 35.2 Å². The van der Waals surface area contributed by atoms with E-state index in [1.807, 2.05) is 30.3 Å². The van der Waals surface area contributed by atoms with Crippen LogP contribution in [0, 0.1) is 5.92 Å². The fraction of sp³-hybridized carbons (Fsp3) is 0.538. The van der Waals surface area contributed by atoms with E-state index < -0.39 is 11.2 Å². The van der Waals surface area contributed by atoms with Crippen molar-refractivity contribution in [1.29, 1.82) is 0 Å². The van der Waals surface area contributed by atoms with Crippen LogP contribution in [0.4, 0.5) is 0 Å². The second-order valence-electron chi connectivity index (χ2n) is 4.33. The molecule has 0 spiro atoms. The van der Waals surface area contributed by atoms with E-state index in [9.17, 15) is 4.55 Å². The topological polar surface area (TPSA) is 23.1 Å². The van der Waals surface area contributed by atoms with Crippen LogP contribution in [0.25, 0.3) is 0 Å². The number of hydrogen-bond acceptors (Lipinski definition) is 1. The zero-order valence-electron chi connectivity index (χ0n) is 9.02. The summed E-state index contributed by atoms with van der Waals surface area (Å²) in [4.78, 5) is 0.989. The predicted octanol–water partition coefficient (Wildman–Crippen LogP) is 3.37. The molecule has 15 heavy (non-hydrogen) atoms. The molecule has 0 amide bonds. The Kier molecular flexibility index (Phi) is 4.09. The lowest BCUT2D eigenvalue weighted by Gasteiger charge is -2.22. The Morgan fingerprint density at radius 3 is 2.40 bits per heavy atom. The second kappa shape index (κ2) is 5.57. The fourth-order valence-corrected chi connectivity index (χ4v) is 3.65. The lowest BCUT2D eigenvalue weighted by Crippen LogP contribution is -2.18. The highest BCUT2D eigenvalue weighted by molar-refractivity contribution is 7.91. The first-order chi connectivity index (χ1) is 7.36. The summed E-state index contributed by atoms with van der Waals surface area (Å²) in [5.41, 5.74) is 0. The molecule has 0 radical (unpaired) electrons. The van der Waals surface area contributed by atoms with Crippen LogP contribution >= 0.6 is 0 Å². The first kappa shape index (κ1) is 11.0. The standard InChI is InChI=1S/C13H18OS/c14-15(13-9-5-2-6-10-13)11-12-7-3-1-4-8-12/h2,5-6,9-10,12H,1,3-4,7-8,11H2. The normalized spacial score (nSPS) is 20.1. The Morgan fingerprint density at radius 2 is 1.73 bits per heavy atom. The quantitative estimate of drug-likeness (QED) is 0.719. The second-order valence-corrected chi connectivity index (χ2v) is 5.83. The van der Waals surface area contributed by atoms with Crippen LogP contribution in [-0.4, -0.2) is 10.3 Å². The predicted molar refractivity (Wildman–Crippen MR) is 64.3 cm³/mol. The minimum atomic E-state index is -0.781. The van der Waals surface area contributed by atoms with Gasteiger partial charge in [0.25, 0.3) is 0 Å². The van der Waals surface area contributed by atoms with Crippen molar-refractivity contribution in [2.45, 2.75) is 37.0 Å². The molecule has 2 heteroatoms. The van der Waals surface area contributed by atoms with E-state index >= 15 is 0 Å². The highest BCUT2D eigenvalue weighted by Gasteiger charge is 2.20. The molecule has 0 aliphatic heterocycles. The summed E-state index contributed by atoms with van der Waals surface area (Å²) < 4.78 is 12.0. The molecule has 0 N–H and O–H groups in total. The van der Waals surface area contributed by atoms with Crippen molar-refractivity contribution in [1.82, 2.24) is 0 Å². The molecule has 2 rings (SSSR count). The molecule has 1 unspecified atom stereocenters. The average Bonchev–Trinajstić information content (AvgIpc) is 2.31. The molecule has 0 aromatic heterocycles. The van der Waals surface area contributed by atoms with Crippen LogP contribution in [0.3, 0.4) is 0 Å². The minimum Gasteiger partial charge on any atom is -0.611 e. The lowest BCUT2D eigenvalue weighted by atomic mass is 9.91. The third kappa shape index (κ3) is 3.25. The lowest BCUT2D eigenvalue weighted by molar-refractivity contribution is 0.385. The molecule has 0 bridgehead atoms. The number of benzene rings is 1. The molecule has 1 aliphatic carbocycles. The number of hydrogen-bond donors (Lipinski definition) is 0. The highest BCUT2D eigenvalue weighted by Crippen LogP contribution is 2.26. The monoisotopic (exact) mass is 222 g/mol. The van der Waals surface area contributed by atoms with Crippen LogP contribution in [0.1, 0.15) is 32.1 Å². The van der Waals surface area contributed by atoms with Crippen molar-refractivity contribution < 1.29 is 4.55 Å². The molecule has 1 aromatic rings. The van der Waals surface area contributed by atoms with Crippen molar-refractivity contribution in [3.8, 4) is 0 Å². The summed E-state index contributed by atoms with van der Waals surface area (Å²) in [5.74, 6) is 1.56. The first-order valence-electron chi connectivity index (χ1n) is 5.79. The van der Waals surface area contributed by atoms with E-state index in [2.05, 4.69) is 0 Å². The van der Waals surface area contributed by atoms with Gasteiger partial charge in [-0.1, -0.05) is 37.5 Å². The summed E-state index contributed by atoms with van der Waals surface area (Å²) >= 11 is -0.781. The third-order valence-corrected chi connectivity index (χ3v) is 4.69. The third-order valence-electron chi connectivity index (χ3n) is 3.12. The zero-order valence-corrected chi connectivity index (χ0v) is 9.84. The number of rotatable bonds is 3. The Balaban J connectivity index is 1.88. The Morgan fingerprint density at radius 1 is 1.07 bits per heavy atom. The SMILES string of the molecule is [O-][S+](CC1CCCCC1)c1ccccc1. The van der Waals surface area contributed by atoms with Gasteiger partial charge in [-0.15, -0.1) is 0 Å². The minimum absolute atomic E-state index is 0.694. The molecule has 82 valence electrons. The van der Waals surface area contributed by atoms with Gasteiger partial charge in [0, 0.05) is 5.92 Å². The van der Waals surface area contributed by atoms with E-state index in [1.165, 1.54) is 32.1 Å². The van der Waals surface area contributed by atoms with Gasteiger partial charge < -0.3 is 4.55 Å². The van der Waals surface area contributed by atoms with E-state index in [1.54, 1.807) is 0 Å². The van der Waals surface area contributed by atoms with Crippen LogP contribution in [-0.2, 0) is 11.2 Å². The van der Waals surface area contributed by atoms with E-state index in [-0.39, 0.29) is 0 Å². The summed E-state index contributed by atoms with van der Waals surface area (Å²) in [7, 11) is 0. The van der Waals surface area contributed by atoms with Gasteiger partial charge >= 0.3 is 0 Å². The molecule has 1 fully saturated rings. The first-order valence-corrected chi connectivity index (χ1v) is 7.11. The van der Waals surface area contributed by atoms with E-state index in [4.69, 9.17) is 0 Å². The molecule has 0 heterocycles. The molecular weight excluding hydrogens is 204 g/mol. The molecule has 1 saturated carbocycles. The molecule has 1 nitrogen and oxygen atoms in total. The van der Waals surface area contributed by atoms with Gasteiger partial charge in [0.05, 0.1) is 0 Å². The van der Waals surface area contributed by atoms with Gasteiger partial charge in [0.1, 0.15) is 5.75 Å². The van der Waals surface area contributed by atoms with Crippen molar-refractivity contribution >= 4 is 11.2 Å². The fourth-order valence-electron chi connectivity index (χ4n) is 2.24. The summed E-state index contributed by atoms with van der Waals surface area (Å²) in [5, 5.41) is 0. The Bertz CT molecular complexity index is 280. The molecule has 1 aliphatic rings. The molecule has 1 atom stereocenters. The summed E-state index contributed by atoms with van der Waals surface area (Å²) in [6.45, 7) is 0. The van der Waals surface area contributed by atoms with Crippen molar-refractivity contribution in [3.63, 3.8) is 0 Å². The van der Waals surface area contributed by atoms with Crippen LogP contribution in [0.5, 0.6) is 0 Å². The summed E-state index contributed by atoms with van der Waals surface area (Å²) in [6.07, 6.45) is 6.58. The van der Waals surface area contributed by atoms with Crippen molar-refractivity contribution in [3.05, 3.63) is 30.3 Å². The van der Waals surface area contributed by atoms with E-state index in [0.717, 1.165) is 10.6 Å². The van der Waals surface area contributed by atoms with Gasteiger partial charge in [-0.3, -0.25) is 0 Å². The van der Waals surface area contributed by atoms with Crippen molar-refractivity contribution in [2.24, 2.45) is 5.92 Å². The molecule has 0 saturated heterocycles. The van der Waals surface area contributed by atoms with Gasteiger partial charge in [0.2, 0.25) is 0 Å². The van der Waals surface area contributed by atoms with Crippen LogP contribution in [0.2, 0.25) is 0 Å². The highest BCUT2D eigenvalue weighted by atomic mass is 32.2. The molecular formula is C13H18OS. The van der Waals surface area contributed by atoms with E-state index in [0.29, 0.717) is 5.92 Å². The summed E-state index contributed by atoms with van der Waals surface area (Å²) in [6, 6.07) is 9.85. The van der Waals surface area contributed by atoms with Gasteiger partial charge in [-0.25, -0.2) is 0 Å². The maximum absolute atomic E-state index is 12.0. The Hall–Kier alpha value is -0.470. The van der Waals surface area contributed by atoms with Crippen LogP contribution < -0.4 is 0 Å². The van der Waals surface area contributed by atoms with Gasteiger partial charge in [-0.2, -0.15) is 0 Å². The largest absolute Gasteiger partial charge is 0.611 e.